The van der Waals surface area contributed by atoms with Crippen LogP contribution in [0.4, 0.5) is 11.8 Å². The highest BCUT2D eigenvalue weighted by Crippen LogP contribution is 2.41. The fraction of sp³-hybridized carbons (Fsp3) is 0.750. The lowest BCUT2D eigenvalue weighted by Crippen LogP contribution is -2.56. The van der Waals surface area contributed by atoms with Gasteiger partial charge in [-0.3, -0.25) is 4.79 Å². The van der Waals surface area contributed by atoms with Crippen molar-refractivity contribution >= 4 is 17.7 Å². The van der Waals surface area contributed by atoms with E-state index < -0.39 is 0 Å². The van der Waals surface area contributed by atoms with Crippen LogP contribution in [0, 0.1) is 5.41 Å². The third-order valence-electron chi connectivity index (χ3n) is 6.41. The average molecular weight is 358 g/mol. The third kappa shape index (κ3) is 3.51. The van der Waals surface area contributed by atoms with Gasteiger partial charge in [-0.2, -0.15) is 4.98 Å². The average Bonchev–Trinajstić information content (AvgIpc) is 3.19. The Morgan fingerprint density at radius 2 is 2.08 bits per heavy atom. The van der Waals surface area contributed by atoms with Gasteiger partial charge in [-0.15, -0.1) is 0 Å². The molecule has 1 atom stereocenters. The SMILES string of the molecule is CCNc1ccnc(N2CCCC3(CCC(=O)N(C4CCCC4)C3)C2)n1. The van der Waals surface area contributed by atoms with Crippen LogP contribution in [0.25, 0.3) is 0 Å². The van der Waals surface area contributed by atoms with E-state index >= 15 is 0 Å². The van der Waals surface area contributed by atoms with E-state index in [1.807, 2.05) is 12.3 Å². The Hall–Kier alpha value is -1.85. The number of aromatic nitrogens is 2. The van der Waals surface area contributed by atoms with Gasteiger partial charge in [0.05, 0.1) is 0 Å². The molecule has 1 aromatic heterocycles. The molecule has 1 aromatic rings. The van der Waals surface area contributed by atoms with E-state index in [0.717, 1.165) is 50.8 Å². The number of hydrogen-bond acceptors (Lipinski definition) is 5. The van der Waals surface area contributed by atoms with Crippen LogP contribution < -0.4 is 10.2 Å². The molecule has 1 saturated carbocycles. The summed E-state index contributed by atoms with van der Waals surface area (Å²) in [6.45, 7) is 5.85. The van der Waals surface area contributed by atoms with E-state index in [1.165, 1.54) is 32.1 Å². The normalized spacial score (nSPS) is 27.3. The number of carbonyl (C=O) groups excluding carboxylic acids is 1. The van der Waals surface area contributed by atoms with Gasteiger partial charge in [0.1, 0.15) is 5.82 Å². The van der Waals surface area contributed by atoms with Gasteiger partial charge in [-0.25, -0.2) is 4.98 Å². The molecule has 3 heterocycles. The Kier molecular flexibility index (Phi) is 5.00. The van der Waals surface area contributed by atoms with Crippen molar-refractivity contribution in [2.45, 2.75) is 64.3 Å². The third-order valence-corrected chi connectivity index (χ3v) is 6.41. The van der Waals surface area contributed by atoms with Crippen LogP contribution in [-0.4, -0.2) is 53.0 Å². The lowest BCUT2D eigenvalue weighted by atomic mass is 9.73. The van der Waals surface area contributed by atoms with E-state index in [-0.39, 0.29) is 5.41 Å². The molecule has 26 heavy (non-hydrogen) atoms. The highest BCUT2D eigenvalue weighted by molar-refractivity contribution is 5.77. The van der Waals surface area contributed by atoms with Gasteiger partial charge in [0, 0.05) is 50.3 Å². The number of nitrogens with zero attached hydrogens (tertiary/aromatic N) is 4. The summed E-state index contributed by atoms with van der Waals surface area (Å²) in [4.78, 5) is 26.4. The summed E-state index contributed by atoms with van der Waals surface area (Å²) in [5.74, 6) is 2.10. The molecule has 1 aliphatic carbocycles. The molecular weight excluding hydrogens is 326 g/mol. The summed E-state index contributed by atoms with van der Waals surface area (Å²) in [5, 5.41) is 3.28. The summed E-state index contributed by atoms with van der Waals surface area (Å²) in [6, 6.07) is 2.41. The van der Waals surface area contributed by atoms with Crippen LogP contribution in [0.2, 0.25) is 0 Å². The fourth-order valence-electron chi connectivity index (χ4n) is 5.09. The second-order valence-electron chi connectivity index (χ2n) is 8.26. The first-order valence-corrected chi connectivity index (χ1v) is 10.3. The Bertz CT molecular complexity index is 645. The molecule has 1 unspecified atom stereocenters. The largest absolute Gasteiger partial charge is 0.370 e. The maximum Gasteiger partial charge on any atom is 0.227 e. The molecule has 1 N–H and O–H groups in total. The number of nitrogens with one attached hydrogen (secondary N) is 1. The molecule has 0 aromatic carbocycles. The highest BCUT2D eigenvalue weighted by atomic mass is 16.2. The molecule has 2 saturated heterocycles. The van der Waals surface area contributed by atoms with E-state index in [0.29, 0.717) is 18.4 Å². The smallest absolute Gasteiger partial charge is 0.227 e. The van der Waals surface area contributed by atoms with Gasteiger partial charge in [0.2, 0.25) is 11.9 Å². The van der Waals surface area contributed by atoms with Crippen molar-refractivity contribution in [1.29, 1.82) is 0 Å². The van der Waals surface area contributed by atoms with E-state index in [2.05, 4.69) is 27.0 Å². The number of amides is 1. The standard InChI is InChI=1S/C20H31N5O/c1-2-21-17-9-12-22-19(23-17)24-13-5-10-20(14-24)11-8-18(26)25(15-20)16-6-3-4-7-16/h9,12,16H,2-8,10-11,13-15H2,1H3,(H,21,22,23). The summed E-state index contributed by atoms with van der Waals surface area (Å²) in [7, 11) is 0. The Morgan fingerprint density at radius 1 is 1.23 bits per heavy atom. The minimum atomic E-state index is 0.215. The molecule has 0 bridgehead atoms. The van der Waals surface area contributed by atoms with Crippen molar-refractivity contribution in [2.24, 2.45) is 5.41 Å². The van der Waals surface area contributed by atoms with Gasteiger partial charge in [0.15, 0.2) is 0 Å². The summed E-state index contributed by atoms with van der Waals surface area (Å²) in [5.41, 5.74) is 0.215. The van der Waals surface area contributed by atoms with E-state index in [4.69, 9.17) is 4.98 Å². The summed E-state index contributed by atoms with van der Waals surface area (Å²) >= 11 is 0. The topological polar surface area (TPSA) is 61.4 Å². The summed E-state index contributed by atoms with van der Waals surface area (Å²) in [6.07, 6.45) is 10.9. The molecule has 3 fully saturated rings. The van der Waals surface area contributed by atoms with Gasteiger partial charge in [0.25, 0.3) is 0 Å². The van der Waals surface area contributed by atoms with Crippen LogP contribution in [0.5, 0.6) is 0 Å². The first kappa shape index (κ1) is 17.6. The van der Waals surface area contributed by atoms with Crippen molar-refractivity contribution in [3.05, 3.63) is 12.3 Å². The van der Waals surface area contributed by atoms with Crippen molar-refractivity contribution in [3.63, 3.8) is 0 Å². The molecule has 142 valence electrons. The van der Waals surface area contributed by atoms with Crippen molar-refractivity contribution in [1.82, 2.24) is 14.9 Å². The Morgan fingerprint density at radius 3 is 2.88 bits per heavy atom. The number of likely N-dealkylation sites (tertiary alicyclic amines) is 1. The van der Waals surface area contributed by atoms with Gasteiger partial charge < -0.3 is 15.1 Å². The maximum atomic E-state index is 12.6. The van der Waals surface area contributed by atoms with Gasteiger partial charge >= 0.3 is 0 Å². The zero-order chi connectivity index (χ0) is 18.0. The fourth-order valence-corrected chi connectivity index (χ4v) is 5.09. The second kappa shape index (κ2) is 7.41. The van der Waals surface area contributed by atoms with Crippen LogP contribution in [0.1, 0.15) is 58.3 Å². The van der Waals surface area contributed by atoms with E-state index in [9.17, 15) is 4.79 Å². The quantitative estimate of drug-likeness (QED) is 0.897. The van der Waals surface area contributed by atoms with Crippen molar-refractivity contribution in [3.8, 4) is 0 Å². The molecule has 0 radical (unpaired) electrons. The lowest BCUT2D eigenvalue weighted by molar-refractivity contribution is -0.140. The van der Waals surface area contributed by atoms with Crippen LogP contribution in [-0.2, 0) is 4.79 Å². The van der Waals surface area contributed by atoms with E-state index in [1.54, 1.807) is 0 Å². The maximum absolute atomic E-state index is 12.6. The van der Waals surface area contributed by atoms with Crippen molar-refractivity contribution < 1.29 is 4.79 Å². The second-order valence-corrected chi connectivity index (χ2v) is 8.26. The molecule has 3 aliphatic rings. The molecule has 2 aliphatic heterocycles. The Balaban J connectivity index is 1.50. The molecular formula is C20H31N5O. The molecule has 6 heteroatoms. The summed E-state index contributed by atoms with van der Waals surface area (Å²) < 4.78 is 0. The zero-order valence-corrected chi connectivity index (χ0v) is 15.9. The monoisotopic (exact) mass is 357 g/mol. The number of piperidine rings is 2. The molecule has 6 nitrogen and oxygen atoms in total. The predicted molar refractivity (Wildman–Crippen MR) is 103 cm³/mol. The number of carbonyl (C=O) groups is 1. The number of rotatable bonds is 4. The number of hydrogen-bond donors (Lipinski definition) is 1. The van der Waals surface area contributed by atoms with Crippen molar-refractivity contribution in [2.75, 3.05) is 36.4 Å². The highest BCUT2D eigenvalue weighted by Gasteiger charge is 2.44. The predicted octanol–water partition coefficient (Wildman–Crippen LogP) is 3.06. The molecule has 4 rings (SSSR count). The van der Waals surface area contributed by atoms with Crippen LogP contribution in [0.3, 0.4) is 0 Å². The minimum Gasteiger partial charge on any atom is -0.370 e. The number of anilines is 2. The first-order valence-electron chi connectivity index (χ1n) is 10.3. The first-order chi connectivity index (χ1) is 12.7. The molecule has 1 spiro atoms. The minimum absolute atomic E-state index is 0.215. The zero-order valence-electron chi connectivity index (χ0n) is 15.9. The Labute approximate surface area is 156 Å². The molecule has 1 amide bonds. The van der Waals surface area contributed by atoms with Crippen LogP contribution in [0.15, 0.2) is 12.3 Å². The lowest BCUT2D eigenvalue weighted by Gasteiger charge is -2.49. The van der Waals surface area contributed by atoms with Gasteiger partial charge in [-0.1, -0.05) is 12.8 Å². The van der Waals surface area contributed by atoms with Crippen LogP contribution >= 0.6 is 0 Å². The van der Waals surface area contributed by atoms with Gasteiger partial charge in [-0.05, 0) is 45.1 Å².